The van der Waals surface area contributed by atoms with Crippen LogP contribution in [-0.2, 0) is 4.79 Å². The first-order chi connectivity index (χ1) is 9.85. The molecule has 0 spiro atoms. The van der Waals surface area contributed by atoms with Gasteiger partial charge in [0.25, 0.3) is 0 Å². The summed E-state index contributed by atoms with van der Waals surface area (Å²) in [7, 11) is 0. The molecule has 2 rings (SSSR count). The quantitative estimate of drug-likeness (QED) is 0.583. The third-order valence-electron chi connectivity index (χ3n) is 4.29. The van der Waals surface area contributed by atoms with Crippen LogP contribution in [0.5, 0.6) is 0 Å². The second-order valence-corrected chi connectivity index (χ2v) is 8.52. The molecule has 1 aliphatic rings. The largest absolute Gasteiger partial charge is 0.283 e. The molecule has 0 aromatic heterocycles. The van der Waals surface area contributed by atoms with Crippen LogP contribution in [0.4, 0.5) is 0 Å². The summed E-state index contributed by atoms with van der Waals surface area (Å²) < 4.78 is -0.0228. The van der Waals surface area contributed by atoms with E-state index in [0.29, 0.717) is 0 Å². The van der Waals surface area contributed by atoms with Crippen LogP contribution < -0.4 is 0 Å². The highest BCUT2D eigenvalue weighted by Gasteiger charge is 2.46. The van der Waals surface area contributed by atoms with Crippen LogP contribution in [0, 0.1) is 5.41 Å². The second-order valence-electron chi connectivity index (χ2n) is 6.71. The maximum atomic E-state index is 11.6. The first kappa shape index (κ1) is 16.7. The van der Waals surface area contributed by atoms with Crippen LogP contribution in [-0.4, -0.2) is 9.86 Å². The van der Waals surface area contributed by atoms with Gasteiger partial charge in [-0.05, 0) is 48.5 Å². The Bertz CT molecular complexity index is 528. The lowest BCUT2D eigenvalue weighted by atomic mass is 9.68. The molecule has 1 atom stereocenters. The van der Waals surface area contributed by atoms with E-state index in [4.69, 9.17) is 0 Å². The molecule has 1 saturated carbocycles. The zero-order chi connectivity index (χ0) is 15.5. The molecule has 1 aromatic rings. The Morgan fingerprint density at radius 1 is 1.24 bits per heavy atom. The van der Waals surface area contributed by atoms with Gasteiger partial charge in [0.1, 0.15) is 0 Å². The maximum absolute atomic E-state index is 11.6. The number of carbonyl (C=O) groups is 1. The van der Waals surface area contributed by atoms with Gasteiger partial charge in [-0.3, -0.25) is 4.79 Å². The van der Waals surface area contributed by atoms with Crippen molar-refractivity contribution >= 4 is 29.5 Å². The summed E-state index contributed by atoms with van der Waals surface area (Å²) in [5.74, 6) is 0. The first-order valence-corrected chi connectivity index (χ1v) is 8.79. The highest BCUT2D eigenvalue weighted by Crippen LogP contribution is 2.56. The Morgan fingerprint density at radius 2 is 1.90 bits per heavy atom. The summed E-state index contributed by atoms with van der Waals surface area (Å²) in [6.45, 7) is 6.85. The highest BCUT2D eigenvalue weighted by atomic mass is 32.2. The van der Waals surface area contributed by atoms with E-state index in [2.05, 4.69) is 57.7 Å². The van der Waals surface area contributed by atoms with Crippen LogP contribution in [0.15, 0.2) is 46.9 Å². The minimum atomic E-state index is -0.130. The molecule has 1 unspecified atom stereocenters. The molecule has 1 aromatic carbocycles. The topological polar surface area (TPSA) is 17.1 Å². The minimum Gasteiger partial charge on any atom is -0.283 e. The van der Waals surface area contributed by atoms with Crippen molar-refractivity contribution in [2.45, 2.75) is 56.1 Å². The van der Waals surface area contributed by atoms with E-state index < -0.39 is 0 Å². The number of benzene rings is 1. The predicted molar refractivity (Wildman–Crippen MR) is 95.0 cm³/mol. The molecule has 0 amide bonds. The number of thioether (sulfide) groups is 1. The van der Waals surface area contributed by atoms with E-state index in [1.807, 2.05) is 17.8 Å². The Balaban J connectivity index is 2.47. The van der Waals surface area contributed by atoms with E-state index in [1.165, 1.54) is 23.3 Å². The minimum absolute atomic E-state index is 0.0228. The van der Waals surface area contributed by atoms with Gasteiger partial charge in [0.15, 0.2) is 0 Å². The van der Waals surface area contributed by atoms with Gasteiger partial charge in [0, 0.05) is 9.64 Å². The van der Waals surface area contributed by atoms with E-state index in [1.54, 1.807) is 6.08 Å². The lowest BCUT2D eigenvalue weighted by Gasteiger charge is -2.49. The van der Waals surface area contributed by atoms with Gasteiger partial charge < -0.3 is 0 Å². The number of rotatable bonds is 3. The summed E-state index contributed by atoms with van der Waals surface area (Å²) in [6.07, 6.45) is 6.27. The normalized spacial score (nSPS) is 25.0. The summed E-state index contributed by atoms with van der Waals surface area (Å²) in [4.78, 5) is 12.8. The van der Waals surface area contributed by atoms with Crippen molar-refractivity contribution in [3.8, 4) is 0 Å². The highest BCUT2D eigenvalue weighted by molar-refractivity contribution is 8.01. The molecular formula is C18H24OS2. The standard InChI is InChI=1S/C18H24OS2/c1-17(2,3)18(21-15-10-5-4-6-11-15)12-8-7-9-14(18)13-16(19)20/h4-6,10-11,13H,7-9,12H2,1-3H3,(H,19,20). The van der Waals surface area contributed by atoms with Crippen molar-refractivity contribution in [3.05, 3.63) is 42.0 Å². The van der Waals surface area contributed by atoms with E-state index >= 15 is 0 Å². The van der Waals surface area contributed by atoms with E-state index in [9.17, 15) is 4.79 Å². The average molecular weight is 321 g/mol. The van der Waals surface area contributed by atoms with Gasteiger partial charge in [-0.1, -0.05) is 45.4 Å². The molecule has 3 heteroatoms. The van der Waals surface area contributed by atoms with Gasteiger partial charge in [0.2, 0.25) is 5.12 Å². The van der Waals surface area contributed by atoms with Gasteiger partial charge in [-0.2, -0.15) is 0 Å². The van der Waals surface area contributed by atoms with Gasteiger partial charge in [0.05, 0.1) is 0 Å². The summed E-state index contributed by atoms with van der Waals surface area (Å²) in [6, 6.07) is 10.5. The lowest BCUT2D eigenvalue weighted by Crippen LogP contribution is -2.43. The van der Waals surface area contributed by atoms with Crippen LogP contribution in [0.3, 0.4) is 0 Å². The fourth-order valence-corrected chi connectivity index (χ4v) is 4.90. The number of thiol groups is 1. The fraction of sp³-hybridized carbons (Fsp3) is 0.500. The van der Waals surface area contributed by atoms with Crippen LogP contribution >= 0.6 is 24.4 Å². The average Bonchev–Trinajstić information content (AvgIpc) is 2.40. The monoisotopic (exact) mass is 320 g/mol. The van der Waals surface area contributed by atoms with Crippen molar-refractivity contribution < 1.29 is 4.79 Å². The van der Waals surface area contributed by atoms with Gasteiger partial charge in [-0.25, -0.2) is 0 Å². The van der Waals surface area contributed by atoms with Crippen molar-refractivity contribution in [1.29, 1.82) is 0 Å². The summed E-state index contributed by atoms with van der Waals surface area (Å²) in [5.41, 5.74) is 1.35. The first-order valence-electron chi connectivity index (χ1n) is 7.53. The van der Waals surface area contributed by atoms with Crippen LogP contribution in [0.25, 0.3) is 0 Å². The number of carbonyl (C=O) groups excluding carboxylic acids is 1. The zero-order valence-corrected chi connectivity index (χ0v) is 14.8. The van der Waals surface area contributed by atoms with Crippen molar-refractivity contribution in [2.75, 3.05) is 0 Å². The summed E-state index contributed by atoms with van der Waals surface area (Å²) >= 11 is 5.90. The van der Waals surface area contributed by atoms with Crippen molar-refractivity contribution in [1.82, 2.24) is 0 Å². The maximum Gasteiger partial charge on any atom is 0.209 e. The molecule has 0 aliphatic heterocycles. The number of hydrogen-bond donors (Lipinski definition) is 1. The lowest BCUT2D eigenvalue weighted by molar-refractivity contribution is -0.106. The fourth-order valence-electron chi connectivity index (χ4n) is 3.21. The third-order valence-corrected chi connectivity index (χ3v) is 6.35. The number of hydrogen-bond acceptors (Lipinski definition) is 2. The molecule has 21 heavy (non-hydrogen) atoms. The molecule has 0 heterocycles. The molecule has 1 nitrogen and oxygen atoms in total. The van der Waals surface area contributed by atoms with Crippen LogP contribution in [0.1, 0.15) is 46.5 Å². The predicted octanol–water partition coefficient (Wildman–Crippen LogP) is 5.52. The molecular weight excluding hydrogens is 296 g/mol. The van der Waals surface area contributed by atoms with Crippen molar-refractivity contribution in [2.24, 2.45) is 5.41 Å². The van der Waals surface area contributed by atoms with Gasteiger partial charge >= 0.3 is 0 Å². The summed E-state index contributed by atoms with van der Waals surface area (Å²) in [5, 5.41) is -0.130. The third kappa shape index (κ3) is 3.75. The molecule has 0 radical (unpaired) electrons. The SMILES string of the molecule is CC(C)(C)C1(Sc2ccccc2)CCCCC1=CC(=O)S. The Morgan fingerprint density at radius 3 is 2.48 bits per heavy atom. The Hall–Kier alpha value is -0.670. The van der Waals surface area contributed by atoms with Crippen LogP contribution in [0.2, 0.25) is 0 Å². The Kier molecular flexibility index (Phi) is 5.26. The Labute approximate surface area is 138 Å². The van der Waals surface area contributed by atoms with Gasteiger partial charge in [-0.15, -0.1) is 24.4 Å². The van der Waals surface area contributed by atoms with E-state index in [0.717, 1.165) is 12.8 Å². The van der Waals surface area contributed by atoms with E-state index in [-0.39, 0.29) is 15.3 Å². The molecule has 114 valence electrons. The molecule has 1 fully saturated rings. The molecule has 0 saturated heterocycles. The zero-order valence-electron chi connectivity index (χ0n) is 13.1. The molecule has 0 N–H and O–H groups in total. The van der Waals surface area contributed by atoms with Crippen molar-refractivity contribution in [3.63, 3.8) is 0 Å². The second kappa shape index (κ2) is 6.62. The molecule has 1 aliphatic carbocycles. The smallest absolute Gasteiger partial charge is 0.209 e. The molecule has 0 bridgehead atoms.